The van der Waals surface area contributed by atoms with E-state index in [4.69, 9.17) is 46.3 Å². The van der Waals surface area contributed by atoms with Crippen molar-refractivity contribution in [3.63, 3.8) is 0 Å². The number of rotatable bonds is 10. The fourth-order valence-corrected chi connectivity index (χ4v) is 5.53. The Hall–Kier alpha value is -1.83. The van der Waals surface area contributed by atoms with Crippen molar-refractivity contribution in [1.29, 1.82) is 10.8 Å². The molecule has 1 aliphatic carbocycles. The number of hydrogen-bond acceptors (Lipinski definition) is 14. The Bertz CT molecular complexity index is 978. The Kier molecular flexibility index (Phi) is 11.4. The Morgan fingerprint density at radius 2 is 1.88 bits per heavy atom. The van der Waals surface area contributed by atoms with Crippen LogP contribution in [0.5, 0.6) is 0 Å². The molecule has 13 N–H and O–H groups in total. The highest BCUT2D eigenvalue weighted by Gasteiger charge is 2.52. The van der Waals surface area contributed by atoms with Crippen molar-refractivity contribution in [2.24, 2.45) is 16.5 Å². The third-order valence-electron chi connectivity index (χ3n) is 7.87. The van der Waals surface area contributed by atoms with Crippen LogP contribution in [0, 0.1) is 10.8 Å². The zero-order valence-corrected chi connectivity index (χ0v) is 24.7. The maximum atomic E-state index is 12.0. The maximum Gasteiger partial charge on any atom is 0.189 e. The van der Waals surface area contributed by atoms with E-state index >= 15 is 0 Å². The Labute approximate surface area is 245 Å². The van der Waals surface area contributed by atoms with Crippen LogP contribution in [0.3, 0.4) is 0 Å². The number of hydrogen-bond donors (Lipinski definition) is 11. The molecular weight excluding hydrogens is 554 g/mol. The average molecular weight is 604 g/mol. The Morgan fingerprint density at radius 3 is 2.50 bits per heavy atom. The predicted molar refractivity (Wildman–Crippen MR) is 152 cm³/mol. The minimum Gasteiger partial charge on any atom is -0.388 e. The second kappa shape index (κ2) is 13.9. The normalized spacial score (nSPS) is 40.5. The smallest absolute Gasteiger partial charge is 0.189 e. The minimum absolute atomic E-state index is 0.0142. The first-order chi connectivity index (χ1) is 19.5. The SMILES string of the molecule is C/N=C1\C(O)[C@@H](OCC2(O)C[C@H](NC(=N)C(C)(C)O)C[C@H](N)C2O[C@H]2O[C@H](CNC(=N)CO)CCC2N)OCC1(C)O. The molecule has 2 heterocycles. The van der Waals surface area contributed by atoms with Gasteiger partial charge in [-0.15, -0.1) is 0 Å². The van der Waals surface area contributed by atoms with E-state index in [0.717, 1.165) is 0 Å². The van der Waals surface area contributed by atoms with E-state index < -0.39 is 72.9 Å². The zero-order valence-electron chi connectivity index (χ0n) is 24.7. The predicted octanol–water partition coefficient (Wildman–Crippen LogP) is -3.12. The van der Waals surface area contributed by atoms with Gasteiger partial charge in [-0.3, -0.25) is 15.8 Å². The lowest BCUT2D eigenvalue weighted by Crippen LogP contribution is -2.67. The van der Waals surface area contributed by atoms with Gasteiger partial charge < -0.3 is 66.6 Å². The van der Waals surface area contributed by atoms with Gasteiger partial charge in [0.2, 0.25) is 0 Å². The Morgan fingerprint density at radius 1 is 1.19 bits per heavy atom. The molecule has 1 saturated carbocycles. The van der Waals surface area contributed by atoms with Crippen LogP contribution in [0.15, 0.2) is 4.99 Å². The summed E-state index contributed by atoms with van der Waals surface area (Å²) in [5.74, 6) is -0.201. The van der Waals surface area contributed by atoms with Gasteiger partial charge in [0, 0.05) is 32.1 Å². The maximum absolute atomic E-state index is 12.0. The molecule has 0 amide bonds. The van der Waals surface area contributed by atoms with E-state index in [9.17, 15) is 20.4 Å². The van der Waals surface area contributed by atoms with Crippen molar-refractivity contribution < 1.29 is 44.5 Å². The van der Waals surface area contributed by atoms with Crippen molar-refractivity contribution in [1.82, 2.24) is 10.6 Å². The third kappa shape index (κ3) is 8.41. The summed E-state index contributed by atoms with van der Waals surface area (Å²) in [6.45, 7) is 3.60. The lowest BCUT2D eigenvalue weighted by Gasteiger charge is -2.49. The van der Waals surface area contributed by atoms with Gasteiger partial charge in [-0.1, -0.05) is 0 Å². The van der Waals surface area contributed by atoms with Gasteiger partial charge in [-0.2, -0.15) is 0 Å². The third-order valence-corrected chi connectivity index (χ3v) is 7.87. The largest absolute Gasteiger partial charge is 0.388 e. The quantitative estimate of drug-likeness (QED) is 0.0872. The zero-order chi connectivity index (χ0) is 31.5. The molecule has 2 aliphatic heterocycles. The summed E-state index contributed by atoms with van der Waals surface area (Å²) in [4.78, 5) is 3.99. The fourth-order valence-electron chi connectivity index (χ4n) is 5.53. The summed E-state index contributed by atoms with van der Waals surface area (Å²) in [7, 11) is 1.43. The molecule has 242 valence electrons. The standard InChI is InChI=1S/C26H49N7O9/c1-24(2,36)23(30)33-13-7-16(28)20(42-21-15(27)6-5-14(41-21)9-32-17(29)10-34)26(38,8-13)12-40-22-18(35)19(31-4)25(3,37)11-39-22/h13-16,18,20-22,34-38H,5-12,27-28H2,1-4H3,(H2,29,32)(H2,30,33)/b31-19+/t13-,14+,15?,16+,18?,20?,21-,22-,25?,26?/m1/s1. The van der Waals surface area contributed by atoms with Crippen LogP contribution in [-0.4, -0.2) is 142 Å². The number of amidine groups is 2. The average Bonchev–Trinajstić information content (AvgIpc) is 2.89. The summed E-state index contributed by atoms with van der Waals surface area (Å²) in [6.07, 6.45) is -3.68. The van der Waals surface area contributed by atoms with Crippen LogP contribution >= 0.6 is 0 Å². The molecule has 0 aromatic heterocycles. The number of nitrogens with zero attached hydrogens (tertiary/aromatic N) is 1. The minimum atomic E-state index is -1.80. The molecule has 16 nitrogen and oxygen atoms in total. The molecular formula is C26H49N7O9. The highest BCUT2D eigenvalue weighted by molar-refractivity contribution is 5.96. The van der Waals surface area contributed by atoms with E-state index in [1.165, 1.54) is 27.8 Å². The van der Waals surface area contributed by atoms with E-state index in [2.05, 4.69) is 15.6 Å². The number of aliphatic hydroxyl groups excluding tert-OH is 2. The Balaban J connectivity index is 1.79. The van der Waals surface area contributed by atoms with Crippen LogP contribution in [0.1, 0.15) is 46.5 Å². The van der Waals surface area contributed by atoms with Gasteiger partial charge >= 0.3 is 0 Å². The summed E-state index contributed by atoms with van der Waals surface area (Å²) in [6, 6.07) is -1.87. The van der Waals surface area contributed by atoms with Crippen molar-refractivity contribution >= 4 is 17.4 Å². The highest BCUT2D eigenvalue weighted by atomic mass is 16.7. The van der Waals surface area contributed by atoms with Crippen molar-refractivity contribution in [2.45, 2.75) is 112 Å². The lowest BCUT2D eigenvalue weighted by molar-refractivity contribution is -0.285. The number of ether oxygens (including phenoxy) is 4. The van der Waals surface area contributed by atoms with Gasteiger partial charge in [0.15, 0.2) is 12.6 Å². The summed E-state index contributed by atoms with van der Waals surface area (Å²) in [5, 5.41) is 74.2. The van der Waals surface area contributed by atoms with E-state index in [1.54, 1.807) is 0 Å². The van der Waals surface area contributed by atoms with Crippen LogP contribution in [0.25, 0.3) is 0 Å². The topological polar surface area (TPSA) is 274 Å². The van der Waals surface area contributed by atoms with Crippen LogP contribution in [0.2, 0.25) is 0 Å². The molecule has 10 atom stereocenters. The second-order valence-corrected chi connectivity index (χ2v) is 12.2. The summed E-state index contributed by atoms with van der Waals surface area (Å²) >= 11 is 0. The van der Waals surface area contributed by atoms with Crippen LogP contribution < -0.4 is 22.1 Å². The molecule has 2 saturated heterocycles. The van der Waals surface area contributed by atoms with E-state index in [0.29, 0.717) is 12.8 Å². The first-order valence-electron chi connectivity index (χ1n) is 14.2. The van der Waals surface area contributed by atoms with Crippen LogP contribution in [0.4, 0.5) is 0 Å². The molecule has 0 aromatic rings. The van der Waals surface area contributed by atoms with Crippen molar-refractivity contribution in [3.05, 3.63) is 0 Å². The van der Waals surface area contributed by atoms with Gasteiger partial charge in [0.25, 0.3) is 0 Å². The fraction of sp³-hybridized carbons (Fsp3) is 0.885. The van der Waals surface area contributed by atoms with Crippen molar-refractivity contribution in [3.8, 4) is 0 Å². The number of aliphatic hydroxyl groups is 5. The van der Waals surface area contributed by atoms with Crippen molar-refractivity contribution in [2.75, 3.05) is 33.4 Å². The number of nitrogens with one attached hydrogen (secondary N) is 4. The number of aliphatic imine (C=N–C) groups is 1. The molecule has 0 radical (unpaired) electrons. The first-order valence-corrected chi connectivity index (χ1v) is 14.2. The monoisotopic (exact) mass is 603 g/mol. The molecule has 42 heavy (non-hydrogen) atoms. The first kappa shape index (κ1) is 34.7. The van der Waals surface area contributed by atoms with Gasteiger partial charge in [0.05, 0.1) is 31.1 Å². The lowest BCUT2D eigenvalue weighted by atomic mass is 9.76. The second-order valence-electron chi connectivity index (χ2n) is 12.2. The molecule has 3 fully saturated rings. The summed E-state index contributed by atoms with van der Waals surface area (Å²) < 4.78 is 23.7. The molecule has 3 aliphatic rings. The van der Waals surface area contributed by atoms with E-state index in [-0.39, 0.29) is 49.5 Å². The molecule has 0 aromatic carbocycles. The molecule has 16 heteroatoms. The van der Waals surface area contributed by atoms with Gasteiger partial charge in [-0.25, -0.2) is 0 Å². The van der Waals surface area contributed by atoms with Crippen LogP contribution in [-0.2, 0) is 18.9 Å². The summed E-state index contributed by atoms with van der Waals surface area (Å²) in [5.41, 5.74) is 8.20. The van der Waals surface area contributed by atoms with E-state index in [1.807, 2.05) is 0 Å². The molecule has 3 rings (SSSR count). The molecule has 5 unspecified atom stereocenters. The highest BCUT2D eigenvalue weighted by Crippen LogP contribution is 2.35. The molecule has 0 spiro atoms. The van der Waals surface area contributed by atoms with Gasteiger partial charge in [-0.05, 0) is 40.0 Å². The molecule has 0 bridgehead atoms. The van der Waals surface area contributed by atoms with Gasteiger partial charge in [0.1, 0.15) is 47.3 Å². The number of nitrogens with two attached hydrogens (primary N) is 2.